The van der Waals surface area contributed by atoms with E-state index >= 15 is 0 Å². The van der Waals surface area contributed by atoms with Crippen molar-refractivity contribution in [3.8, 4) is 0 Å². The Morgan fingerprint density at radius 1 is 1.41 bits per heavy atom. The monoisotopic (exact) mass is 262 g/mol. The summed E-state index contributed by atoms with van der Waals surface area (Å²) >= 11 is 1.56. The van der Waals surface area contributed by atoms with Crippen LogP contribution in [-0.2, 0) is 4.79 Å². The smallest absolute Gasteiger partial charge is 0.326 e. The van der Waals surface area contributed by atoms with E-state index in [0.717, 1.165) is 6.42 Å². The number of amides is 2. The van der Waals surface area contributed by atoms with Crippen LogP contribution < -0.4 is 10.6 Å². The van der Waals surface area contributed by atoms with Crippen molar-refractivity contribution < 1.29 is 14.7 Å². The van der Waals surface area contributed by atoms with Gasteiger partial charge >= 0.3 is 12.0 Å². The molecule has 0 heterocycles. The SMILES string of the molecule is CCC(C)(C)NC(=O)N[C@@H](CCSC)C(=O)O. The van der Waals surface area contributed by atoms with Gasteiger partial charge < -0.3 is 15.7 Å². The van der Waals surface area contributed by atoms with Crippen LogP contribution in [0.4, 0.5) is 4.79 Å². The van der Waals surface area contributed by atoms with E-state index in [0.29, 0.717) is 12.2 Å². The molecule has 0 fully saturated rings. The van der Waals surface area contributed by atoms with Crippen LogP contribution in [0.3, 0.4) is 0 Å². The predicted molar refractivity (Wildman–Crippen MR) is 70.5 cm³/mol. The second-order valence-corrected chi connectivity index (χ2v) is 5.49. The van der Waals surface area contributed by atoms with Crippen molar-refractivity contribution >= 4 is 23.8 Å². The summed E-state index contributed by atoms with van der Waals surface area (Å²) in [6, 6.07) is -1.25. The summed E-state index contributed by atoms with van der Waals surface area (Å²) in [6.07, 6.45) is 3.11. The third-order valence-corrected chi connectivity index (χ3v) is 3.19. The van der Waals surface area contributed by atoms with Crippen molar-refractivity contribution in [2.45, 2.75) is 45.2 Å². The van der Waals surface area contributed by atoms with E-state index in [2.05, 4.69) is 10.6 Å². The van der Waals surface area contributed by atoms with E-state index in [1.165, 1.54) is 0 Å². The molecule has 0 spiro atoms. The number of hydrogen-bond acceptors (Lipinski definition) is 3. The fourth-order valence-corrected chi connectivity index (χ4v) is 1.55. The van der Waals surface area contributed by atoms with Gasteiger partial charge in [-0.25, -0.2) is 9.59 Å². The quantitative estimate of drug-likeness (QED) is 0.652. The molecule has 0 aromatic carbocycles. The first-order chi connectivity index (χ1) is 7.82. The summed E-state index contributed by atoms with van der Waals surface area (Å²) < 4.78 is 0. The summed E-state index contributed by atoms with van der Waals surface area (Å²) in [5.74, 6) is -0.294. The van der Waals surface area contributed by atoms with Crippen molar-refractivity contribution in [3.05, 3.63) is 0 Å². The molecule has 5 nitrogen and oxygen atoms in total. The average Bonchev–Trinajstić information content (AvgIpc) is 2.23. The minimum absolute atomic E-state index is 0.327. The van der Waals surface area contributed by atoms with Gasteiger partial charge in [-0.15, -0.1) is 0 Å². The van der Waals surface area contributed by atoms with Gasteiger partial charge in [0.25, 0.3) is 0 Å². The van der Waals surface area contributed by atoms with Crippen molar-refractivity contribution in [2.24, 2.45) is 0 Å². The Bertz CT molecular complexity index is 269. The largest absolute Gasteiger partial charge is 0.480 e. The summed E-state index contributed by atoms with van der Waals surface area (Å²) in [5.41, 5.74) is -0.327. The standard InChI is InChI=1S/C11H22N2O3S/c1-5-11(2,3)13-10(16)12-8(9(14)15)6-7-17-4/h8H,5-7H2,1-4H3,(H,14,15)(H2,12,13,16)/t8-/m0/s1. The van der Waals surface area contributed by atoms with Crippen LogP contribution in [0.15, 0.2) is 0 Å². The third-order valence-electron chi connectivity index (χ3n) is 2.55. The molecule has 0 aliphatic rings. The normalized spacial score (nSPS) is 12.9. The fourth-order valence-electron chi connectivity index (χ4n) is 1.08. The van der Waals surface area contributed by atoms with E-state index < -0.39 is 18.0 Å². The first kappa shape index (κ1) is 16.1. The molecule has 2 amide bonds. The maximum atomic E-state index is 11.6. The topological polar surface area (TPSA) is 78.4 Å². The number of rotatable bonds is 7. The maximum Gasteiger partial charge on any atom is 0.326 e. The van der Waals surface area contributed by atoms with E-state index in [4.69, 9.17) is 5.11 Å². The van der Waals surface area contributed by atoms with Crippen molar-refractivity contribution in [3.63, 3.8) is 0 Å². The van der Waals surface area contributed by atoms with Crippen molar-refractivity contribution in [1.29, 1.82) is 0 Å². The number of thioether (sulfide) groups is 1. The van der Waals surface area contributed by atoms with Crippen LogP contribution in [-0.4, -0.2) is 40.7 Å². The van der Waals surface area contributed by atoms with Crippen molar-refractivity contribution in [2.75, 3.05) is 12.0 Å². The van der Waals surface area contributed by atoms with Gasteiger partial charge in [-0.1, -0.05) is 6.92 Å². The van der Waals surface area contributed by atoms with Crippen LogP contribution in [0.2, 0.25) is 0 Å². The molecular formula is C11H22N2O3S. The molecular weight excluding hydrogens is 240 g/mol. The van der Waals surface area contributed by atoms with Crippen LogP contribution in [0.25, 0.3) is 0 Å². The molecule has 0 aliphatic carbocycles. The lowest BCUT2D eigenvalue weighted by Gasteiger charge is -2.25. The van der Waals surface area contributed by atoms with Gasteiger partial charge in [-0.05, 0) is 38.7 Å². The highest BCUT2D eigenvalue weighted by Gasteiger charge is 2.23. The molecule has 0 aromatic rings. The first-order valence-electron chi connectivity index (χ1n) is 5.63. The third kappa shape index (κ3) is 7.10. The number of carboxylic acid groups (broad SMARTS) is 1. The second-order valence-electron chi connectivity index (χ2n) is 4.51. The lowest BCUT2D eigenvalue weighted by Crippen LogP contribution is -2.52. The minimum atomic E-state index is -0.997. The molecule has 0 saturated heterocycles. The Morgan fingerprint density at radius 3 is 2.41 bits per heavy atom. The Labute approximate surface area is 107 Å². The van der Waals surface area contributed by atoms with Crippen LogP contribution >= 0.6 is 11.8 Å². The summed E-state index contributed by atoms with van der Waals surface area (Å²) in [5, 5.41) is 14.2. The molecule has 0 saturated carbocycles. The average molecular weight is 262 g/mol. The number of carbonyl (C=O) groups is 2. The molecule has 3 N–H and O–H groups in total. The number of carbonyl (C=O) groups excluding carboxylic acids is 1. The molecule has 17 heavy (non-hydrogen) atoms. The highest BCUT2D eigenvalue weighted by Crippen LogP contribution is 2.07. The number of hydrogen-bond donors (Lipinski definition) is 3. The van der Waals surface area contributed by atoms with Crippen LogP contribution in [0, 0.1) is 0 Å². The molecule has 6 heteroatoms. The Hall–Kier alpha value is -0.910. The Balaban J connectivity index is 4.26. The van der Waals surface area contributed by atoms with Gasteiger partial charge in [-0.2, -0.15) is 11.8 Å². The summed E-state index contributed by atoms with van der Waals surface area (Å²) in [6.45, 7) is 5.75. The van der Waals surface area contributed by atoms with Gasteiger partial charge in [0.1, 0.15) is 6.04 Å². The lowest BCUT2D eigenvalue weighted by molar-refractivity contribution is -0.139. The molecule has 0 bridgehead atoms. The van der Waals surface area contributed by atoms with Gasteiger partial charge in [0.05, 0.1) is 0 Å². The van der Waals surface area contributed by atoms with Crippen molar-refractivity contribution in [1.82, 2.24) is 10.6 Å². The zero-order valence-corrected chi connectivity index (χ0v) is 11.7. The number of aliphatic carboxylic acids is 1. The van der Waals surface area contributed by atoms with Gasteiger partial charge in [0, 0.05) is 5.54 Å². The van der Waals surface area contributed by atoms with E-state index in [-0.39, 0.29) is 5.54 Å². The highest BCUT2D eigenvalue weighted by atomic mass is 32.2. The lowest BCUT2D eigenvalue weighted by atomic mass is 10.0. The molecule has 0 aromatic heterocycles. The summed E-state index contributed by atoms with van der Waals surface area (Å²) in [7, 11) is 0. The van der Waals surface area contributed by atoms with Crippen LogP contribution in [0.5, 0.6) is 0 Å². The molecule has 0 aliphatic heterocycles. The number of carboxylic acids is 1. The van der Waals surface area contributed by atoms with Gasteiger partial charge in [0.2, 0.25) is 0 Å². The number of nitrogens with one attached hydrogen (secondary N) is 2. The Morgan fingerprint density at radius 2 is 2.00 bits per heavy atom. The highest BCUT2D eigenvalue weighted by molar-refractivity contribution is 7.98. The molecule has 100 valence electrons. The van der Waals surface area contributed by atoms with E-state index in [1.54, 1.807) is 11.8 Å². The van der Waals surface area contributed by atoms with E-state index in [1.807, 2.05) is 27.0 Å². The molecule has 0 unspecified atom stereocenters. The minimum Gasteiger partial charge on any atom is -0.480 e. The fraction of sp³-hybridized carbons (Fsp3) is 0.818. The number of urea groups is 1. The predicted octanol–water partition coefficient (Wildman–Crippen LogP) is 1.68. The summed E-state index contributed by atoms with van der Waals surface area (Å²) in [4.78, 5) is 22.5. The van der Waals surface area contributed by atoms with Crippen LogP contribution in [0.1, 0.15) is 33.6 Å². The molecule has 0 rings (SSSR count). The molecule has 0 radical (unpaired) electrons. The zero-order chi connectivity index (χ0) is 13.5. The molecule has 1 atom stereocenters. The first-order valence-corrected chi connectivity index (χ1v) is 7.02. The van der Waals surface area contributed by atoms with Gasteiger partial charge in [0.15, 0.2) is 0 Å². The van der Waals surface area contributed by atoms with E-state index in [9.17, 15) is 9.59 Å². The maximum absolute atomic E-state index is 11.6. The van der Waals surface area contributed by atoms with Gasteiger partial charge in [-0.3, -0.25) is 0 Å². The second kappa shape index (κ2) is 7.42. The zero-order valence-electron chi connectivity index (χ0n) is 10.9. The Kier molecular flexibility index (Phi) is 7.03.